The maximum absolute atomic E-state index is 10.3. The number of hydrogen-bond acceptors (Lipinski definition) is 4. The highest BCUT2D eigenvalue weighted by Crippen LogP contribution is 2.31. The highest BCUT2D eigenvalue weighted by atomic mass is 16.5. The molecule has 0 aliphatic heterocycles. The van der Waals surface area contributed by atoms with Gasteiger partial charge in [0, 0.05) is 11.6 Å². The van der Waals surface area contributed by atoms with E-state index in [9.17, 15) is 4.79 Å². The molecule has 0 N–H and O–H groups in total. The van der Waals surface area contributed by atoms with Crippen LogP contribution >= 0.6 is 0 Å². The van der Waals surface area contributed by atoms with Crippen molar-refractivity contribution in [1.29, 1.82) is 0 Å². The summed E-state index contributed by atoms with van der Waals surface area (Å²) in [6.45, 7) is 4.99. The Labute approximate surface area is 95.1 Å². The summed E-state index contributed by atoms with van der Waals surface area (Å²) >= 11 is 0. The number of hydrogen-bond donors (Lipinski definition) is 0. The molecule has 1 radical (unpaired) electrons. The molecule has 1 aromatic rings. The van der Waals surface area contributed by atoms with Crippen LogP contribution in [0.4, 0.5) is 0 Å². The van der Waals surface area contributed by atoms with Gasteiger partial charge in [0.2, 0.25) is 0 Å². The Bertz CT molecular complexity index is 349. The average Bonchev–Trinajstić information content (AvgIpc) is 2.28. The molecule has 4 nitrogen and oxygen atoms in total. The number of rotatable bonds is 5. The van der Waals surface area contributed by atoms with Gasteiger partial charge in [-0.25, -0.2) is 4.79 Å². The standard InChI is InChI=1S/C12H15O4/c1-12(2,16-8-13)9-5-10(14-3)7-11(6-9)15-4/h5-7H,1-4H3. The van der Waals surface area contributed by atoms with Crippen molar-refractivity contribution in [2.75, 3.05) is 14.2 Å². The first kappa shape index (κ1) is 12.4. The van der Waals surface area contributed by atoms with Crippen molar-refractivity contribution in [3.8, 4) is 11.5 Å². The third-order valence-electron chi connectivity index (χ3n) is 2.34. The molecule has 0 aliphatic carbocycles. The Hall–Kier alpha value is -1.71. The minimum absolute atomic E-state index is 0.650. The van der Waals surface area contributed by atoms with Gasteiger partial charge < -0.3 is 14.2 Å². The molecule has 0 aromatic heterocycles. The minimum atomic E-state index is -0.760. The lowest BCUT2D eigenvalue weighted by Gasteiger charge is -2.23. The molecule has 4 heteroatoms. The quantitative estimate of drug-likeness (QED) is 0.766. The highest BCUT2D eigenvalue weighted by Gasteiger charge is 2.23. The van der Waals surface area contributed by atoms with Crippen molar-refractivity contribution >= 4 is 6.47 Å². The van der Waals surface area contributed by atoms with Gasteiger partial charge in [0.25, 0.3) is 0 Å². The number of methoxy groups -OCH3 is 2. The van der Waals surface area contributed by atoms with Gasteiger partial charge in [0.1, 0.15) is 17.1 Å². The van der Waals surface area contributed by atoms with E-state index in [2.05, 4.69) is 0 Å². The van der Waals surface area contributed by atoms with Gasteiger partial charge >= 0.3 is 6.47 Å². The number of ether oxygens (including phenoxy) is 3. The second kappa shape index (κ2) is 4.88. The zero-order chi connectivity index (χ0) is 12.2. The predicted molar refractivity (Wildman–Crippen MR) is 59.4 cm³/mol. The summed E-state index contributed by atoms with van der Waals surface area (Å²) in [7, 11) is 3.14. The van der Waals surface area contributed by atoms with E-state index in [4.69, 9.17) is 14.2 Å². The van der Waals surface area contributed by atoms with Crippen LogP contribution in [0.1, 0.15) is 19.4 Å². The molecule has 0 atom stereocenters. The number of carbonyl (C=O) groups excluding carboxylic acids is 1. The molecule has 0 amide bonds. The maximum Gasteiger partial charge on any atom is 0.418 e. The van der Waals surface area contributed by atoms with Crippen LogP contribution in [0.25, 0.3) is 0 Å². The van der Waals surface area contributed by atoms with Gasteiger partial charge in [-0.15, -0.1) is 0 Å². The first-order valence-electron chi connectivity index (χ1n) is 4.82. The van der Waals surface area contributed by atoms with Gasteiger partial charge in [-0.1, -0.05) is 0 Å². The summed E-state index contributed by atoms with van der Waals surface area (Å²) in [4.78, 5) is 10.3. The van der Waals surface area contributed by atoms with Crippen LogP contribution in [0.3, 0.4) is 0 Å². The molecule has 0 saturated carbocycles. The smallest absolute Gasteiger partial charge is 0.418 e. The molecule has 0 spiro atoms. The molecule has 87 valence electrons. The average molecular weight is 223 g/mol. The second-order valence-corrected chi connectivity index (χ2v) is 3.80. The van der Waals surface area contributed by atoms with E-state index in [1.807, 2.05) is 0 Å². The molecule has 0 heterocycles. The lowest BCUT2D eigenvalue weighted by molar-refractivity contribution is 0.0873. The van der Waals surface area contributed by atoms with Crippen molar-refractivity contribution in [1.82, 2.24) is 0 Å². The van der Waals surface area contributed by atoms with Crippen molar-refractivity contribution < 1.29 is 19.0 Å². The van der Waals surface area contributed by atoms with Crippen molar-refractivity contribution in [2.45, 2.75) is 19.4 Å². The van der Waals surface area contributed by atoms with Gasteiger partial charge in [0.15, 0.2) is 0 Å². The van der Waals surface area contributed by atoms with Gasteiger partial charge in [-0.2, -0.15) is 0 Å². The Morgan fingerprint density at radius 1 is 1.06 bits per heavy atom. The Morgan fingerprint density at radius 2 is 1.56 bits per heavy atom. The Balaban J connectivity index is 3.16. The third-order valence-corrected chi connectivity index (χ3v) is 2.34. The lowest BCUT2D eigenvalue weighted by Crippen LogP contribution is -2.20. The van der Waals surface area contributed by atoms with Crippen LogP contribution in [0.2, 0.25) is 0 Å². The van der Waals surface area contributed by atoms with Crippen LogP contribution in [0, 0.1) is 0 Å². The lowest BCUT2D eigenvalue weighted by atomic mass is 9.97. The fourth-order valence-electron chi connectivity index (χ4n) is 1.32. The topological polar surface area (TPSA) is 44.8 Å². The van der Waals surface area contributed by atoms with Crippen molar-refractivity contribution in [2.24, 2.45) is 0 Å². The van der Waals surface area contributed by atoms with Gasteiger partial charge in [-0.3, -0.25) is 0 Å². The zero-order valence-electron chi connectivity index (χ0n) is 9.87. The molecule has 16 heavy (non-hydrogen) atoms. The summed E-state index contributed by atoms with van der Waals surface area (Å²) in [5.74, 6) is 1.30. The minimum Gasteiger partial charge on any atom is -0.497 e. The Morgan fingerprint density at radius 3 is 1.94 bits per heavy atom. The molecule has 1 rings (SSSR count). The third kappa shape index (κ3) is 2.66. The van der Waals surface area contributed by atoms with Crippen molar-refractivity contribution in [3.05, 3.63) is 23.8 Å². The van der Waals surface area contributed by atoms with Crippen molar-refractivity contribution in [3.63, 3.8) is 0 Å². The van der Waals surface area contributed by atoms with Gasteiger partial charge in [0.05, 0.1) is 14.2 Å². The molecule has 0 saturated heterocycles. The van der Waals surface area contributed by atoms with E-state index >= 15 is 0 Å². The summed E-state index contributed by atoms with van der Waals surface area (Å²) in [6, 6.07) is 5.34. The van der Waals surface area contributed by atoms with Crippen LogP contribution in [-0.4, -0.2) is 20.7 Å². The molecular weight excluding hydrogens is 208 g/mol. The fraction of sp³-hybridized carbons (Fsp3) is 0.417. The SMILES string of the molecule is COc1cc(OC)cc(C(C)(C)O[C]=O)c1. The van der Waals surface area contributed by atoms with Gasteiger partial charge in [-0.05, 0) is 26.0 Å². The molecule has 0 bridgehead atoms. The zero-order valence-corrected chi connectivity index (χ0v) is 9.87. The van der Waals surface area contributed by atoms with Crippen LogP contribution in [0.15, 0.2) is 18.2 Å². The first-order valence-corrected chi connectivity index (χ1v) is 4.82. The molecule has 0 fully saturated rings. The summed E-state index contributed by atoms with van der Waals surface area (Å²) in [6.07, 6.45) is 0. The normalized spacial score (nSPS) is 10.8. The summed E-state index contributed by atoms with van der Waals surface area (Å²) < 4.78 is 15.2. The molecular formula is C12H15O4. The fourth-order valence-corrected chi connectivity index (χ4v) is 1.32. The highest BCUT2D eigenvalue weighted by molar-refractivity contribution is 5.44. The van der Waals surface area contributed by atoms with E-state index in [1.165, 1.54) is 6.47 Å². The molecule has 0 unspecified atom stereocenters. The number of benzene rings is 1. The largest absolute Gasteiger partial charge is 0.497 e. The monoisotopic (exact) mass is 223 g/mol. The van der Waals surface area contributed by atoms with Crippen LogP contribution in [0.5, 0.6) is 11.5 Å². The molecule has 0 aliphatic rings. The van der Waals surface area contributed by atoms with E-state index in [0.29, 0.717) is 11.5 Å². The maximum atomic E-state index is 10.3. The van der Waals surface area contributed by atoms with E-state index < -0.39 is 5.60 Å². The summed E-state index contributed by atoms with van der Waals surface area (Å²) in [5, 5.41) is 0. The van der Waals surface area contributed by atoms with E-state index in [-0.39, 0.29) is 0 Å². The predicted octanol–water partition coefficient (Wildman–Crippen LogP) is 2.02. The van der Waals surface area contributed by atoms with E-state index in [0.717, 1.165) is 5.56 Å². The van der Waals surface area contributed by atoms with Crippen LogP contribution < -0.4 is 9.47 Å². The summed E-state index contributed by atoms with van der Waals surface area (Å²) in [5.41, 5.74) is 0.0240. The Kier molecular flexibility index (Phi) is 3.77. The van der Waals surface area contributed by atoms with E-state index in [1.54, 1.807) is 46.3 Å². The van der Waals surface area contributed by atoms with Crippen LogP contribution in [-0.2, 0) is 15.1 Å². The molecule has 1 aromatic carbocycles. The first-order chi connectivity index (χ1) is 7.53. The second-order valence-electron chi connectivity index (χ2n) is 3.80.